The molecule has 6 heteroatoms. The van der Waals surface area contributed by atoms with Crippen LogP contribution in [0.5, 0.6) is 0 Å². The highest BCUT2D eigenvalue weighted by molar-refractivity contribution is 7.89. The second-order valence-corrected chi connectivity index (χ2v) is 4.83. The molecule has 1 fully saturated rings. The molecule has 1 rings (SSSR count). The standard InChI is InChI=1S/C6H14N2O2S.ClH/c7-3-4-11(9,10)8-5-6-1-2-6;/h6,8H,1-5,7H2;1H. The van der Waals surface area contributed by atoms with Crippen LogP contribution < -0.4 is 10.5 Å². The topological polar surface area (TPSA) is 72.2 Å². The Labute approximate surface area is 79.4 Å². The summed E-state index contributed by atoms with van der Waals surface area (Å²) in [6.45, 7) is 0.794. The fraction of sp³-hybridized carbons (Fsp3) is 1.00. The lowest BCUT2D eigenvalue weighted by atomic mass is 10.4. The predicted molar refractivity (Wildman–Crippen MR) is 50.8 cm³/mol. The molecule has 0 heterocycles. The smallest absolute Gasteiger partial charge is 0.212 e. The Bertz CT molecular complexity index is 214. The van der Waals surface area contributed by atoms with Gasteiger partial charge in [-0.3, -0.25) is 0 Å². The molecule has 1 aliphatic carbocycles. The van der Waals surface area contributed by atoms with Crippen LogP contribution in [-0.4, -0.2) is 27.3 Å². The summed E-state index contributed by atoms with van der Waals surface area (Å²) in [5.74, 6) is 0.627. The van der Waals surface area contributed by atoms with Gasteiger partial charge >= 0.3 is 0 Å². The highest BCUT2D eigenvalue weighted by Crippen LogP contribution is 2.27. The molecule has 0 saturated heterocycles. The summed E-state index contributed by atoms with van der Waals surface area (Å²) in [5.41, 5.74) is 5.12. The van der Waals surface area contributed by atoms with Gasteiger partial charge < -0.3 is 5.73 Å². The molecule has 1 saturated carbocycles. The van der Waals surface area contributed by atoms with E-state index in [2.05, 4.69) is 4.72 Å². The maximum Gasteiger partial charge on any atom is 0.212 e. The molecule has 1 aliphatic rings. The number of nitrogens with two attached hydrogens (primary N) is 1. The molecule has 0 unspecified atom stereocenters. The first kappa shape index (κ1) is 12.2. The number of sulfonamides is 1. The van der Waals surface area contributed by atoms with E-state index in [9.17, 15) is 8.42 Å². The molecule has 0 bridgehead atoms. The largest absolute Gasteiger partial charge is 0.329 e. The zero-order valence-corrected chi connectivity index (χ0v) is 8.46. The maximum atomic E-state index is 11.0. The Hall–Kier alpha value is 0.160. The summed E-state index contributed by atoms with van der Waals surface area (Å²) in [4.78, 5) is 0. The van der Waals surface area contributed by atoms with E-state index in [-0.39, 0.29) is 24.7 Å². The molecular weight excluding hydrogens is 200 g/mol. The third-order valence-corrected chi connectivity index (χ3v) is 3.06. The van der Waals surface area contributed by atoms with Crippen LogP contribution in [0.1, 0.15) is 12.8 Å². The number of halogens is 1. The molecule has 74 valence electrons. The van der Waals surface area contributed by atoms with E-state index < -0.39 is 10.0 Å². The normalized spacial score (nSPS) is 17.1. The number of hydrogen-bond acceptors (Lipinski definition) is 3. The average Bonchev–Trinajstić information content (AvgIpc) is 2.65. The second kappa shape index (κ2) is 5.01. The van der Waals surface area contributed by atoms with Crippen LogP contribution in [0.2, 0.25) is 0 Å². The zero-order valence-electron chi connectivity index (χ0n) is 6.82. The monoisotopic (exact) mass is 214 g/mol. The molecule has 0 spiro atoms. The Kier molecular flexibility index (Phi) is 5.08. The van der Waals surface area contributed by atoms with Gasteiger partial charge in [0.25, 0.3) is 0 Å². The first-order chi connectivity index (χ1) is 5.14. The van der Waals surface area contributed by atoms with Crippen molar-refractivity contribution in [2.45, 2.75) is 12.8 Å². The first-order valence-corrected chi connectivity index (χ1v) is 5.46. The maximum absolute atomic E-state index is 11.0. The van der Waals surface area contributed by atoms with Gasteiger partial charge in [0.1, 0.15) is 0 Å². The van der Waals surface area contributed by atoms with E-state index in [1.165, 1.54) is 0 Å². The molecule has 4 nitrogen and oxygen atoms in total. The van der Waals surface area contributed by atoms with Crippen LogP contribution in [0.4, 0.5) is 0 Å². The Morgan fingerprint density at radius 1 is 1.42 bits per heavy atom. The Balaban J connectivity index is 0.00000121. The van der Waals surface area contributed by atoms with Crippen molar-refractivity contribution in [1.82, 2.24) is 4.72 Å². The quantitative estimate of drug-likeness (QED) is 0.660. The molecule has 0 aromatic heterocycles. The minimum absolute atomic E-state index is 0. The highest BCUT2D eigenvalue weighted by Gasteiger charge is 2.22. The van der Waals surface area contributed by atoms with Crippen molar-refractivity contribution < 1.29 is 8.42 Å². The molecule has 12 heavy (non-hydrogen) atoms. The molecule has 0 aliphatic heterocycles. The van der Waals surface area contributed by atoms with Crippen molar-refractivity contribution in [3.8, 4) is 0 Å². The van der Waals surface area contributed by atoms with Crippen LogP contribution >= 0.6 is 12.4 Å². The predicted octanol–water partition coefficient (Wildman–Crippen LogP) is -0.304. The number of nitrogens with one attached hydrogen (secondary N) is 1. The fourth-order valence-corrected chi connectivity index (χ4v) is 1.74. The third-order valence-electron chi connectivity index (χ3n) is 1.68. The summed E-state index contributed by atoms with van der Waals surface area (Å²) < 4.78 is 24.5. The summed E-state index contributed by atoms with van der Waals surface area (Å²) in [6.07, 6.45) is 2.32. The fourth-order valence-electron chi connectivity index (χ4n) is 0.794. The van der Waals surface area contributed by atoms with Crippen molar-refractivity contribution in [3.05, 3.63) is 0 Å². The molecular formula is C6H15ClN2O2S. The van der Waals surface area contributed by atoms with Crippen molar-refractivity contribution in [3.63, 3.8) is 0 Å². The van der Waals surface area contributed by atoms with Crippen LogP contribution in [0, 0.1) is 5.92 Å². The van der Waals surface area contributed by atoms with E-state index in [1.807, 2.05) is 0 Å². The minimum atomic E-state index is -3.06. The van der Waals surface area contributed by atoms with Gasteiger partial charge in [-0.15, -0.1) is 12.4 Å². The number of hydrogen-bond donors (Lipinski definition) is 2. The van der Waals surface area contributed by atoms with Gasteiger partial charge in [-0.25, -0.2) is 13.1 Å². The molecule has 0 atom stereocenters. The molecule has 3 N–H and O–H groups in total. The first-order valence-electron chi connectivity index (χ1n) is 3.81. The van der Waals surface area contributed by atoms with Gasteiger partial charge in [0.15, 0.2) is 0 Å². The molecule has 0 radical (unpaired) electrons. The van der Waals surface area contributed by atoms with E-state index >= 15 is 0 Å². The van der Waals surface area contributed by atoms with Crippen LogP contribution in [0.3, 0.4) is 0 Å². The highest BCUT2D eigenvalue weighted by atomic mass is 35.5. The zero-order chi connectivity index (χ0) is 8.32. The summed E-state index contributed by atoms with van der Waals surface area (Å²) in [7, 11) is -3.06. The lowest BCUT2D eigenvalue weighted by Crippen LogP contribution is -2.31. The van der Waals surface area contributed by atoms with E-state index in [0.29, 0.717) is 12.5 Å². The van der Waals surface area contributed by atoms with Gasteiger partial charge in [0.2, 0.25) is 10.0 Å². The van der Waals surface area contributed by atoms with Gasteiger partial charge in [0.05, 0.1) is 5.75 Å². The van der Waals surface area contributed by atoms with Crippen LogP contribution in [0.25, 0.3) is 0 Å². The van der Waals surface area contributed by atoms with Crippen molar-refractivity contribution in [2.75, 3.05) is 18.8 Å². The lowest BCUT2D eigenvalue weighted by Gasteiger charge is -2.02. The SMILES string of the molecule is Cl.NCCS(=O)(=O)NCC1CC1. The summed E-state index contributed by atoms with van der Waals surface area (Å²) in [5, 5.41) is 0. The Morgan fingerprint density at radius 2 is 2.00 bits per heavy atom. The number of rotatable bonds is 5. The average molecular weight is 215 g/mol. The third kappa shape index (κ3) is 4.92. The van der Waals surface area contributed by atoms with Crippen LogP contribution in [0.15, 0.2) is 0 Å². The van der Waals surface area contributed by atoms with Gasteiger partial charge in [-0.1, -0.05) is 0 Å². The van der Waals surface area contributed by atoms with Gasteiger partial charge in [-0.05, 0) is 18.8 Å². The van der Waals surface area contributed by atoms with E-state index in [1.54, 1.807) is 0 Å². The van der Waals surface area contributed by atoms with Gasteiger partial charge in [0, 0.05) is 13.1 Å². The van der Waals surface area contributed by atoms with Crippen molar-refractivity contribution in [1.29, 1.82) is 0 Å². The van der Waals surface area contributed by atoms with Crippen molar-refractivity contribution in [2.24, 2.45) is 11.7 Å². The van der Waals surface area contributed by atoms with E-state index in [0.717, 1.165) is 12.8 Å². The van der Waals surface area contributed by atoms with Crippen LogP contribution in [-0.2, 0) is 10.0 Å². The van der Waals surface area contributed by atoms with Gasteiger partial charge in [-0.2, -0.15) is 0 Å². The van der Waals surface area contributed by atoms with E-state index in [4.69, 9.17) is 5.73 Å². The molecule has 0 aromatic carbocycles. The molecule has 0 amide bonds. The lowest BCUT2D eigenvalue weighted by molar-refractivity contribution is 0.577. The minimum Gasteiger partial charge on any atom is -0.329 e. The summed E-state index contributed by atoms with van der Waals surface area (Å²) in [6, 6.07) is 0. The summed E-state index contributed by atoms with van der Waals surface area (Å²) >= 11 is 0. The Morgan fingerprint density at radius 3 is 2.42 bits per heavy atom. The molecule has 0 aromatic rings. The van der Waals surface area contributed by atoms with Crippen molar-refractivity contribution >= 4 is 22.4 Å². The second-order valence-electron chi connectivity index (χ2n) is 2.90.